The molecule has 1 aliphatic heterocycles. The summed E-state index contributed by atoms with van der Waals surface area (Å²) in [6.45, 7) is 15.4. The number of nitrogens with one attached hydrogen (secondary N) is 2. The van der Waals surface area contributed by atoms with E-state index >= 15 is 0 Å². The zero-order chi connectivity index (χ0) is 28.0. The minimum absolute atomic E-state index is 0.0681. The summed E-state index contributed by atoms with van der Waals surface area (Å²) in [6, 6.07) is -0.694. The van der Waals surface area contributed by atoms with Gasteiger partial charge in [0.1, 0.15) is 12.1 Å². The first-order valence-electron chi connectivity index (χ1n) is 12.9. The van der Waals surface area contributed by atoms with Crippen molar-refractivity contribution in [2.45, 2.75) is 86.8 Å². The van der Waals surface area contributed by atoms with Gasteiger partial charge in [0, 0.05) is 30.4 Å². The van der Waals surface area contributed by atoms with Crippen molar-refractivity contribution in [2.24, 2.45) is 17.3 Å². The van der Waals surface area contributed by atoms with E-state index in [1.807, 2.05) is 65.8 Å². The van der Waals surface area contributed by atoms with Crippen LogP contribution in [0, 0.1) is 29.1 Å². The predicted molar refractivity (Wildman–Crippen MR) is 150 cm³/mol. The molecule has 202 valence electrons. The average molecular weight is 509 g/mol. The summed E-state index contributed by atoms with van der Waals surface area (Å²) in [7, 11) is 0. The highest BCUT2D eigenvalue weighted by atomic mass is 16.5. The van der Waals surface area contributed by atoms with E-state index in [2.05, 4.69) is 29.4 Å². The third-order valence-corrected chi connectivity index (χ3v) is 5.99. The number of rotatable bonds is 11. The molecule has 1 heterocycles. The summed E-state index contributed by atoms with van der Waals surface area (Å²) >= 11 is 0. The molecule has 0 radical (unpaired) electrons. The summed E-state index contributed by atoms with van der Waals surface area (Å²) in [5, 5.41) is 5.60. The van der Waals surface area contributed by atoms with Crippen LogP contribution < -0.4 is 10.6 Å². The van der Waals surface area contributed by atoms with Crippen molar-refractivity contribution >= 4 is 17.8 Å². The van der Waals surface area contributed by atoms with E-state index < -0.39 is 11.5 Å². The summed E-state index contributed by atoms with van der Waals surface area (Å²) in [6.07, 6.45) is 16.4. The predicted octanol–water partition coefficient (Wildman–Crippen LogP) is 5.54. The molecular weight excluding hydrogens is 464 g/mol. The molecule has 0 bridgehead atoms. The summed E-state index contributed by atoms with van der Waals surface area (Å²) in [5.41, 5.74) is 1.18. The lowest BCUT2D eigenvalue weighted by molar-refractivity contribution is -0.147. The number of esters is 1. The van der Waals surface area contributed by atoms with Gasteiger partial charge in [0.05, 0.1) is 0 Å². The van der Waals surface area contributed by atoms with Gasteiger partial charge < -0.3 is 15.4 Å². The van der Waals surface area contributed by atoms with E-state index in [0.717, 1.165) is 18.4 Å². The molecule has 0 fully saturated rings. The van der Waals surface area contributed by atoms with Gasteiger partial charge in [0.15, 0.2) is 0 Å². The maximum atomic E-state index is 12.8. The van der Waals surface area contributed by atoms with Crippen LogP contribution in [-0.2, 0) is 19.1 Å². The minimum atomic E-state index is -0.694. The SMILES string of the molecule is CC#CC[C@H](C)C/C=C\NC(=O)[C@@H](NC(=O)\C=C/C=C\C(C)=C\[C@H](C)[C@@H]1CC=C(C)C(=O)O1)C(C)(C)C. The molecule has 6 heteroatoms. The van der Waals surface area contributed by atoms with Crippen molar-refractivity contribution in [3.8, 4) is 11.8 Å². The summed E-state index contributed by atoms with van der Waals surface area (Å²) in [4.78, 5) is 37.0. The quantitative estimate of drug-likeness (QED) is 0.166. The van der Waals surface area contributed by atoms with Crippen LogP contribution in [0.5, 0.6) is 0 Å². The first kappa shape index (κ1) is 31.7. The van der Waals surface area contributed by atoms with E-state index in [-0.39, 0.29) is 29.8 Å². The van der Waals surface area contributed by atoms with Gasteiger partial charge in [-0.1, -0.05) is 76.6 Å². The summed E-state index contributed by atoms with van der Waals surface area (Å²) in [5.74, 6) is 5.56. The van der Waals surface area contributed by atoms with Crippen molar-refractivity contribution < 1.29 is 19.1 Å². The van der Waals surface area contributed by atoms with Crippen LogP contribution in [0.2, 0.25) is 0 Å². The Morgan fingerprint density at radius 3 is 2.51 bits per heavy atom. The molecule has 37 heavy (non-hydrogen) atoms. The molecule has 4 atom stereocenters. The van der Waals surface area contributed by atoms with Crippen molar-refractivity contribution in [2.75, 3.05) is 0 Å². The standard InChI is InChI=1S/C31H44N2O4/c1-9-10-14-22(2)16-13-20-32-29(35)28(31(6,7)8)33-27(34)17-12-11-15-23(3)21-25(5)26-19-18-24(4)30(36)37-26/h11-13,15,17-18,20-22,25-26,28H,14,16,19H2,1-8H3,(H,32,35)(H,33,34)/b15-11-,17-12-,20-13-,23-21+/t22-,25-,26-,28+/m0/s1. The van der Waals surface area contributed by atoms with Crippen molar-refractivity contribution in [1.29, 1.82) is 0 Å². The highest BCUT2D eigenvalue weighted by Crippen LogP contribution is 2.22. The molecule has 0 spiro atoms. The van der Waals surface area contributed by atoms with E-state index in [1.54, 1.807) is 25.3 Å². The van der Waals surface area contributed by atoms with Crippen molar-refractivity contribution in [1.82, 2.24) is 10.6 Å². The van der Waals surface area contributed by atoms with Gasteiger partial charge >= 0.3 is 5.97 Å². The second kappa shape index (κ2) is 15.7. The Morgan fingerprint density at radius 1 is 1.22 bits per heavy atom. The maximum Gasteiger partial charge on any atom is 0.333 e. The van der Waals surface area contributed by atoms with E-state index in [0.29, 0.717) is 17.9 Å². The van der Waals surface area contributed by atoms with Crippen molar-refractivity contribution in [3.05, 3.63) is 59.9 Å². The van der Waals surface area contributed by atoms with Crippen LogP contribution in [0.1, 0.15) is 74.7 Å². The van der Waals surface area contributed by atoms with Crippen LogP contribution in [0.25, 0.3) is 0 Å². The third kappa shape index (κ3) is 12.5. The molecule has 0 aromatic rings. The first-order valence-corrected chi connectivity index (χ1v) is 12.9. The number of cyclic esters (lactones) is 1. The Morgan fingerprint density at radius 2 is 1.89 bits per heavy atom. The Kier molecular flexibility index (Phi) is 13.5. The number of ether oxygens (including phenoxy) is 1. The molecule has 0 saturated carbocycles. The average Bonchev–Trinajstić information content (AvgIpc) is 2.82. The Hall–Kier alpha value is -3.33. The van der Waals surface area contributed by atoms with Gasteiger partial charge in [-0.3, -0.25) is 9.59 Å². The first-order chi connectivity index (χ1) is 17.3. The Balaban J connectivity index is 2.64. The molecule has 0 aromatic heterocycles. The molecule has 2 amide bonds. The number of carbonyl (C=O) groups is 3. The second-order valence-electron chi connectivity index (χ2n) is 10.7. The van der Waals surface area contributed by atoms with E-state index in [1.165, 1.54) is 6.08 Å². The van der Waals surface area contributed by atoms with Gasteiger partial charge in [-0.05, 0) is 44.7 Å². The van der Waals surface area contributed by atoms with Gasteiger partial charge in [-0.25, -0.2) is 4.79 Å². The van der Waals surface area contributed by atoms with Crippen LogP contribution in [-0.4, -0.2) is 29.9 Å². The zero-order valence-corrected chi connectivity index (χ0v) is 23.7. The number of hydrogen-bond donors (Lipinski definition) is 2. The molecule has 0 aliphatic carbocycles. The fraction of sp³-hybridized carbons (Fsp3) is 0.516. The van der Waals surface area contributed by atoms with Crippen LogP contribution in [0.4, 0.5) is 0 Å². The molecular formula is C31H44N2O4. The van der Waals surface area contributed by atoms with Crippen LogP contribution in [0.15, 0.2) is 59.9 Å². The molecule has 2 N–H and O–H groups in total. The van der Waals surface area contributed by atoms with Crippen LogP contribution >= 0.6 is 0 Å². The fourth-order valence-electron chi connectivity index (χ4n) is 3.65. The molecule has 0 unspecified atom stereocenters. The lowest BCUT2D eigenvalue weighted by Crippen LogP contribution is -2.52. The molecule has 1 rings (SSSR count). The summed E-state index contributed by atoms with van der Waals surface area (Å²) < 4.78 is 5.47. The van der Waals surface area contributed by atoms with Gasteiger partial charge in [-0.2, -0.15) is 0 Å². The molecule has 6 nitrogen and oxygen atoms in total. The smallest absolute Gasteiger partial charge is 0.333 e. The molecule has 1 aliphatic rings. The van der Waals surface area contributed by atoms with E-state index in [4.69, 9.17) is 4.74 Å². The second-order valence-corrected chi connectivity index (χ2v) is 10.7. The number of hydrogen-bond acceptors (Lipinski definition) is 4. The third-order valence-electron chi connectivity index (χ3n) is 5.99. The number of allylic oxidation sites excluding steroid dienone is 5. The van der Waals surface area contributed by atoms with Crippen molar-refractivity contribution in [3.63, 3.8) is 0 Å². The van der Waals surface area contributed by atoms with Gasteiger partial charge in [0.25, 0.3) is 0 Å². The number of carbonyl (C=O) groups excluding carboxylic acids is 3. The zero-order valence-electron chi connectivity index (χ0n) is 23.7. The topological polar surface area (TPSA) is 84.5 Å². The Bertz CT molecular complexity index is 1010. The monoisotopic (exact) mass is 508 g/mol. The van der Waals surface area contributed by atoms with E-state index in [9.17, 15) is 14.4 Å². The highest BCUT2D eigenvalue weighted by Gasteiger charge is 2.31. The number of amides is 2. The highest BCUT2D eigenvalue weighted by molar-refractivity contribution is 5.93. The molecule has 0 saturated heterocycles. The largest absolute Gasteiger partial charge is 0.458 e. The lowest BCUT2D eigenvalue weighted by atomic mass is 9.86. The molecule has 0 aromatic carbocycles. The fourth-order valence-corrected chi connectivity index (χ4v) is 3.65. The van der Waals surface area contributed by atoms with Gasteiger partial charge in [0.2, 0.25) is 11.8 Å². The van der Waals surface area contributed by atoms with Crippen LogP contribution in [0.3, 0.4) is 0 Å². The maximum absolute atomic E-state index is 12.8. The van der Waals surface area contributed by atoms with Gasteiger partial charge in [-0.15, -0.1) is 11.8 Å². The minimum Gasteiger partial charge on any atom is -0.458 e. The Labute approximate surface area is 223 Å². The normalized spacial score (nSPS) is 19.1. The lowest BCUT2D eigenvalue weighted by Gasteiger charge is -2.29.